The summed E-state index contributed by atoms with van der Waals surface area (Å²) in [5.74, 6) is 3.32. The third-order valence-corrected chi connectivity index (χ3v) is 11.2. The SMILES string of the molecule is C#C/C=C\C1=C(C)C2(c3cc(N(c4ccc(-c5ccccc5)cc4)c4ccc(-c5ccccc5)cc4)ccc31)c1ccccc1C1C=CC=CC12. The molecule has 1 nitrogen and oxygen atoms in total. The molecule has 0 aliphatic heterocycles. The quantitative estimate of drug-likeness (QED) is 0.162. The van der Waals surface area contributed by atoms with E-state index in [9.17, 15) is 0 Å². The van der Waals surface area contributed by atoms with Gasteiger partial charge in [0.05, 0.1) is 0 Å². The van der Waals surface area contributed by atoms with E-state index in [2.05, 4.69) is 200 Å². The predicted molar refractivity (Wildman–Crippen MR) is 214 cm³/mol. The second kappa shape index (κ2) is 12.5. The zero-order valence-electron chi connectivity index (χ0n) is 28.6. The van der Waals surface area contributed by atoms with Crippen molar-refractivity contribution in [1.29, 1.82) is 0 Å². The molecule has 6 aromatic carbocycles. The molecule has 9 rings (SSSR count). The minimum absolute atomic E-state index is 0.259. The Labute approximate surface area is 301 Å². The number of anilines is 3. The third kappa shape index (κ3) is 4.87. The van der Waals surface area contributed by atoms with E-state index in [1.165, 1.54) is 55.7 Å². The lowest BCUT2D eigenvalue weighted by Crippen LogP contribution is -2.33. The average molecular weight is 652 g/mol. The smallest absolute Gasteiger partial charge is 0.0498 e. The van der Waals surface area contributed by atoms with Crippen molar-refractivity contribution in [3.8, 4) is 34.6 Å². The van der Waals surface area contributed by atoms with Gasteiger partial charge in [-0.15, -0.1) is 6.42 Å². The molecule has 0 radical (unpaired) electrons. The Bertz CT molecular complexity index is 2340. The van der Waals surface area contributed by atoms with Crippen molar-refractivity contribution in [2.75, 3.05) is 4.90 Å². The van der Waals surface area contributed by atoms with E-state index in [1.807, 2.05) is 6.08 Å². The number of allylic oxidation sites excluding steroid dienone is 8. The van der Waals surface area contributed by atoms with E-state index >= 15 is 0 Å². The zero-order valence-corrected chi connectivity index (χ0v) is 28.6. The minimum Gasteiger partial charge on any atom is -0.310 e. The van der Waals surface area contributed by atoms with Crippen LogP contribution < -0.4 is 4.90 Å². The average Bonchev–Trinajstić information content (AvgIpc) is 3.64. The molecule has 0 heterocycles. The molecule has 0 bridgehead atoms. The number of fused-ring (bicyclic) bond motifs is 7. The Balaban J connectivity index is 1.24. The predicted octanol–water partition coefficient (Wildman–Crippen LogP) is 12.6. The molecule has 1 spiro atoms. The van der Waals surface area contributed by atoms with Gasteiger partial charge in [0, 0.05) is 34.3 Å². The van der Waals surface area contributed by atoms with Crippen molar-refractivity contribution in [2.24, 2.45) is 5.92 Å². The van der Waals surface area contributed by atoms with Gasteiger partial charge in [-0.25, -0.2) is 0 Å². The molecule has 242 valence electrons. The zero-order chi connectivity index (χ0) is 34.4. The Kier molecular flexibility index (Phi) is 7.53. The first-order valence-electron chi connectivity index (χ1n) is 17.7. The molecule has 3 aliphatic rings. The van der Waals surface area contributed by atoms with Gasteiger partial charge in [0.25, 0.3) is 0 Å². The molecule has 0 fully saturated rings. The Morgan fingerprint density at radius 3 is 1.76 bits per heavy atom. The minimum atomic E-state index is -0.317. The summed E-state index contributed by atoms with van der Waals surface area (Å²) in [6.45, 7) is 2.32. The van der Waals surface area contributed by atoms with Crippen LogP contribution in [0.5, 0.6) is 0 Å². The fourth-order valence-corrected chi connectivity index (χ4v) is 8.93. The second-order valence-electron chi connectivity index (χ2n) is 13.6. The van der Waals surface area contributed by atoms with E-state index in [1.54, 1.807) is 0 Å². The van der Waals surface area contributed by atoms with Gasteiger partial charge in [-0.2, -0.15) is 0 Å². The third-order valence-electron chi connectivity index (χ3n) is 11.2. The van der Waals surface area contributed by atoms with Crippen LogP contribution in [0.4, 0.5) is 17.1 Å². The summed E-state index contributed by atoms with van der Waals surface area (Å²) >= 11 is 0. The van der Waals surface area contributed by atoms with Crippen molar-refractivity contribution in [1.82, 2.24) is 0 Å². The van der Waals surface area contributed by atoms with Crippen molar-refractivity contribution < 1.29 is 0 Å². The number of terminal acetylenes is 1. The lowest BCUT2D eigenvalue weighted by atomic mass is 9.65. The van der Waals surface area contributed by atoms with E-state index in [-0.39, 0.29) is 11.3 Å². The first-order chi connectivity index (χ1) is 25.2. The van der Waals surface area contributed by atoms with Crippen LogP contribution in [0.15, 0.2) is 194 Å². The maximum absolute atomic E-state index is 5.80. The summed E-state index contributed by atoms with van der Waals surface area (Å²) in [4.78, 5) is 2.40. The van der Waals surface area contributed by atoms with Crippen LogP contribution in [0.3, 0.4) is 0 Å². The van der Waals surface area contributed by atoms with Gasteiger partial charge < -0.3 is 4.90 Å². The number of nitrogens with zero attached hydrogens (tertiary/aromatic N) is 1. The lowest BCUT2D eigenvalue weighted by molar-refractivity contribution is 0.456. The van der Waals surface area contributed by atoms with Crippen LogP contribution in [0.1, 0.15) is 35.1 Å². The van der Waals surface area contributed by atoms with Crippen LogP contribution in [-0.4, -0.2) is 0 Å². The highest BCUT2D eigenvalue weighted by atomic mass is 15.1. The Morgan fingerprint density at radius 1 is 0.588 bits per heavy atom. The normalized spacial score (nSPS) is 19.6. The van der Waals surface area contributed by atoms with Crippen LogP contribution >= 0.6 is 0 Å². The van der Waals surface area contributed by atoms with E-state index in [0.717, 1.165) is 17.1 Å². The molecule has 51 heavy (non-hydrogen) atoms. The summed E-state index contributed by atoms with van der Waals surface area (Å²) in [6.07, 6.45) is 19.1. The van der Waals surface area contributed by atoms with E-state index in [4.69, 9.17) is 6.42 Å². The summed E-state index contributed by atoms with van der Waals surface area (Å²) < 4.78 is 0. The molecule has 3 aliphatic carbocycles. The molecular weight excluding hydrogens is 615 g/mol. The van der Waals surface area contributed by atoms with Gasteiger partial charge in [0.15, 0.2) is 0 Å². The molecule has 3 atom stereocenters. The van der Waals surface area contributed by atoms with Crippen molar-refractivity contribution in [2.45, 2.75) is 18.3 Å². The van der Waals surface area contributed by atoms with Gasteiger partial charge in [-0.3, -0.25) is 0 Å². The van der Waals surface area contributed by atoms with Gasteiger partial charge in [-0.05, 0) is 111 Å². The fourth-order valence-electron chi connectivity index (χ4n) is 8.93. The first kappa shape index (κ1) is 30.7. The Morgan fingerprint density at radius 2 is 1.14 bits per heavy atom. The molecule has 1 heteroatoms. The highest BCUT2D eigenvalue weighted by Crippen LogP contribution is 2.64. The van der Waals surface area contributed by atoms with E-state index in [0.29, 0.717) is 5.92 Å². The molecule has 6 aromatic rings. The largest absolute Gasteiger partial charge is 0.310 e. The Hall–Kier alpha value is -6.36. The number of rotatable bonds is 6. The highest BCUT2D eigenvalue weighted by molar-refractivity contribution is 5.92. The maximum Gasteiger partial charge on any atom is 0.0498 e. The second-order valence-corrected chi connectivity index (χ2v) is 13.6. The van der Waals surface area contributed by atoms with Crippen molar-refractivity contribution >= 4 is 22.6 Å². The van der Waals surface area contributed by atoms with Gasteiger partial charge in [0.1, 0.15) is 0 Å². The molecule has 0 aromatic heterocycles. The van der Waals surface area contributed by atoms with Gasteiger partial charge in [0.2, 0.25) is 0 Å². The maximum atomic E-state index is 5.80. The topological polar surface area (TPSA) is 3.24 Å². The molecule has 3 unspecified atom stereocenters. The van der Waals surface area contributed by atoms with Crippen LogP contribution in [0, 0.1) is 18.3 Å². The lowest BCUT2D eigenvalue weighted by Gasteiger charge is -2.37. The van der Waals surface area contributed by atoms with Crippen molar-refractivity contribution in [3.63, 3.8) is 0 Å². The molecular formula is C50H37N. The van der Waals surface area contributed by atoms with Crippen LogP contribution in [0.25, 0.3) is 27.8 Å². The molecule has 0 saturated heterocycles. The number of benzene rings is 6. The molecule has 0 N–H and O–H groups in total. The van der Waals surface area contributed by atoms with Crippen LogP contribution in [0.2, 0.25) is 0 Å². The standard InChI is InChI=1S/C50H37N/c1-3-4-19-43-35(2)50(47-22-13-11-20-44(47)45-21-12-14-23-48(45)50)49-34-42(32-33-46(43)49)51(40-28-24-38(25-29-40)36-15-7-5-8-16-36)41-30-26-39(27-31-41)37-17-9-6-10-18-37/h1,4-34,44,47H,2H3/b19-4-. The summed E-state index contributed by atoms with van der Waals surface area (Å²) in [7, 11) is 0. The first-order valence-corrected chi connectivity index (χ1v) is 17.7. The number of hydrogen-bond acceptors (Lipinski definition) is 1. The number of hydrogen-bond donors (Lipinski definition) is 0. The van der Waals surface area contributed by atoms with Gasteiger partial charge in [-0.1, -0.05) is 145 Å². The fraction of sp³-hybridized carbons (Fsp3) is 0.0800. The van der Waals surface area contributed by atoms with E-state index < -0.39 is 0 Å². The van der Waals surface area contributed by atoms with Crippen LogP contribution in [-0.2, 0) is 5.41 Å². The highest BCUT2D eigenvalue weighted by Gasteiger charge is 2.56. The summed E-state index contributed by atoms with van der Waals surface area (Å²) in [5, 5.41) is 0. The summed E-state index contributed by atoms with van der Waals surface area (Å²) in [6, 6.07) is 55.2. The molecule has 0 amide bonds. The van der Waals surface area contributed by atoms with Gasteiger partial charge >= 0.3 is 0 Å². The summed E-state index contributed by atoms with van der Waals surface area (Å²) in [5.41, 5.74) is 15.8. The molecule has 0 saturated carbocycles. The monoisotopic (exact) mass is 651 g/mol. The van der Waals surface area contributed by atoms with Crippen molar-refractivity contribution in [3.05, 3.63) is 216 Å².